The van der Waals surface area contributed by atoms with Crippen molar-refractivity contribution in [2.24, 2.45) is 5.92 Å². The molecule has 22 heavy (non-hydrogen) atoms. The first kappa shape index (κ1) is 16.8. The van der Waals surface area contributed by atoms with Gasteiger partial charge >= 0.3 is 0 Å². The Hall–Kier alpha value is -1.60. The Labute approximate surface area is 131 Å². The van der Waals surface area contributed by atoms with Gasteiger partial charge in [-0.15, -0.1) is 4.83 Å². The van der Waals surface area contributed by atoms with Crippen molar-refractivity contribution in [2.75, 3.05) is 7.11 Å². The number of hydrogen-bond acceptors (Lipinski definition) is 4. The van der Waals surface area contributed by atoms with E-state index in [0.717, 1.165) is 37.7 Å². The monoisotopic (exact) mass is 326 g/mol. The van der Waals surface area contributed by atoms with Crippen LogP contribution in [0.15, 0.2) is 23.1 Å². The van der Waals surface area contributed by atoms with Gasteiger partial charge in [0.15, 0.2) is 0 Å². The molecular formula is C15H22N2O4S. The fraction of sp³-hybridized carbons (Fsp3) is 0.533. The smallest absolute Gasteiger partial charge is 0.261 e. The summed E-state index contributed by atoms with van der Waals surface area (Å²) < 4.78 is 29.8. The molecule has 0 aliphatic heterocycles. The van der Waals surface area contributed by atoms with Crippen LogP contribution in [0.4, 0.5) is 0 Å². The van der Waals surface area contributed by atoms with Crippen LogP contribution < -0.4 is 15.0 Å². The van der Waals surface area contributed by atoms with Crippen LogP contribution in [0.3, 0.4) is 0 Å². The highest BCUT2D eigenvalue weighted by molar-refractivity contribution is 7.89. The van der Waals surface area contributed by atoms with Crippen LogP contribution in [-0.4, -0.2) is 21.4 Å². The molecule has 0 atom stereocenters. The maximum Gasteiger partial charge on any atom is 0.261 e. The number of aryl methyl sites for hydroxylation is 1. The summed E-state index contributed by atoms with van der Waals surface area (Å²) in [6.07, 6.45) is 4.77. The zero-order valence-electron chi connectivity index (χ0n) is 12.9. The second kappa shape index (κ2) is 7.11. The molecule has 0 bridgehead atoms. The van der Waals surface area contributed by atoms with E-state index in [1.54, 1.807) is 19.1 Å². The fourth-order valence-electron chi connectivity index (χ4n) is 2.63. The maximum absolute atomic E-state index is 12.3. The van der Waals surface area contributed by atoms with Gasteiger partial charge in [-0.3, -0.25) is 10.2 Å². The Bertz CT molecular complexity index is 637. The number of hydrazine groups is 1. The molecule has 2 rings (SSSR count). The molecule has 1 aliphatic carbocycles. The summed E-state index contributed by atoms with van der Waals surface area (Å²) >= 11 is 0. The van der Waals surface area contributed by atoms with Gasteiger partial charge in [-0.1, -0.05) is 25.3 Å². The Morgan fingerprint density at radius 3 is 2.55 bits per heavy atom. The van der Waals surface area contributed by atoms with Crippen LogP contribution in [-0.2, 0) is 14.8 Å². The molecule has 0 radical (unpaired) electrons. The van der Waals surface area contributed by atoms with Crippen LogP contribution in [0, 0.1) is 12.8 Å². The van der Waals surface area contributed by atoms with Crippen molar-refractivity contribution in [3.05, 3.63) is 23.8 Å². The first-order valence-corrected chi connectivity index (χ1v) is 8.88. The number of carbonyl (C=O) groups is 1. The number of amides is 1. The van der Waals surface area contributed by atoms with Gasteiger partial charge in [0.25, 0.3) is 10.0 Å². The van der Waals surface area contributed by atoms with Gasteiger partial charge in [-0.2, -0.15) is 0 Å². The molecule has 0 saturated heterocycles. The summed E-state index contributed by atoms with van der Waals surface area (Å²) in [5, 5.41) is 0. The number of carbonyl (C=O) groups excluding carboxylic acids is 1. The summed E-state index contributed by atoms with van der Waals surface area (Å²) in [7, 11) is -2.46. The van der Waals surface area contributed by atoms with E-state index in [2.05, 4.69) is 10.3 Å². The minimum absolute atomic E-state index is 0.0129. The van der Waals surface area contributed by atoms with Gasteiger partial charge < -0.3 is 4.74 Å². The minimum atomic E-state index is -3.87. The van der Waals surface area contributed by atoms with Crippen molar-refractivity contribution >= 4 is 15.9 Å². The van der Waals surface area contributed by atoms with Crippen LogP contribution in [0.25, 0.3) is 0 Å². The number of ether oxygens (including phenoxy) is 1. The molecule has 0 heterocycles. The third-order valence-electron chi connectivity index (χ3n) is 3.89. The number of nitrogens with one attached hydrogen (secondary N) is 2. The molecule has 1 aromatic rings. The van der Waals surface area contributed by atoms with E-state index >= 15 is 0 Å². The lowest BCUT2D eigenvalue weighted by molar-refractivity contribution is -0.126. The first-order valence-electron chi connectivity index (χ1n) is 7.40. The average Bonchev–Trinajstić information content (AvgIpc) is 2.53. The molecule has 122 valence electrons. The predicted molar refractivity (Wildman–Crippen MR) is 82.8 cm³/mol. The summed E-state index contributed by atoms with van der Waals surface area (Å²) in [6, 6.07) is 4.86. The van der Waals surface area contributed by atoms with E-state index in [1.165, 1.54) is 13.2 Å². The highest BCUT2D eigenvalue weighted by Crippen LogP contribution is 2.25. The first-order chi connectivity index (χ1) is 10.4. The number of hydrogen-bond donors (Lipinski definition) is 2. The zero-order chi connectivity index (χ0) is 16.2. The normalized spacial score (nSPS) is 16.3. The number of benzene rings is 1. The Morgan fingerprint density at radius 2 is 1.91 bits per heavy atom. The Balaban J connectivity index is 2.08. The third-order valence-corrected chi connectivity index (χ3v) is 5.16. The topological polar surface area (TPSA) is 84.5 Å². The quantitative estimate of drug-likeness (QED) is 0.809. The molecule has 1 aromatic carbocycles. The molecule has 1 aliphatic rings. The predicted octanol–water partition coefficient (Wildman–Crippen LogP) is 1.89. The molecule has 1 amide bonds. The Kier molecular flexibility index (Phi) is 5.42. The third kappa shape index (κ3) is 3.98. The van der Waals surface area contributed by atoms with E-state index in [-0.39, 0.29) is 22.5 Å². The second-order valence-electron chi connectivity index (χ2n) is 5.58. The van der Waals surface area contributed by atoms with Crippen molar-refractivity contribution < 1.29 is 17.9 Å². The van der Waals surface area contributed by atoms with Gasteiger partial charge in [0.1, 0.15) is 10.6 Å². The van der Waals surface area contributed by atoms with E-state index < -0.39 is 10.0 Å². The van der Waals surface area contributed by atoms with E-state index in [1.807, 2.05) is 0 Å². The van der Waals surface area contributed by atoms with Crippen LogP contribution in [0.1, 0.15) is 37.7 Å². The van der Waals surface area contributed by atoms with Crippen LogP contribution in [0.5, 0.6) is 5.75 Å². The van der Waals surface area contributed by atoms with Gasteiger partial charge in [-0.25, -0.2) is 8.42 Å². The SMILES string of the molecule is COc1ccc(C)cc1S(=O)(=O)NNC(=O)C1CCCCC1. The van der Waals surface area contributed by atoms with Gasteiger partial charge in [0, 0.05) is 5.92 Å². The van der Waals surface area contributed by atoms with E-state index in [0.29, 0.717) is 0 Å². The van der Waals surface area contributed by atoms with Gasteiger partial charge in [0.2, 0.25) is 5.91 Å². The molecule has 1 fully saturated rings. The molecule has 0 spiro atoms. The van der Waals surface area contributed by atoms with Crippen molar-refractivity contribution in [3.63, 3.8) is 0 Å². The second-order valence-corrected chi connectivity index (χ2v) is 7.23. The standard InChI is InChI=1S/C15H22N2O4S/c1-11-8-9-13(21-2)14(10-11)22(19,20)17-16-15(18)12-6-4-3-5-7-12/h8-10,12,17H,3-7H2,1-2H3,(H,16,18). The molecular weight excluding hydrogens is 304 g/mol. The van der Waals surface area contributed by atoms with Crippen LogP contribution in [0.2, 0.25) is 0 Å². The lowest BCUT2D eigenvalue weighted by Gasteiger charge is -2.21. The zero-order valence-corrected chi connectivity index (χ0v) is 13.7. The van der Waals surface area contributed by atoms with E-state index in [4.69, 9.17) is 4.74 Å². The fourth-order valence-corrected chi connectivity index (χ4v) is 3.74. The largest absolute Gasteiger partial charge is 0.495 e. The summed E-state index contributed by atoms with van der Waals surface area (Å²) in [5.74, 6) is -0.143. The van der Waals surface area contributed by atoms with Crippen molar-refractivity contribution in [2.45, 2.75) is 43.9 Å². The highest BCUT2D eigenvalue weighted by atomic mass is 32.2. The molecule has 0 aromatic heterocycles. The number of rotatable bonds is 5. The lowest BCUT2D eigenvalue weighted by atomic mass is 9.89. The molecule has 2 N–H and O–H groups in total. The summed E-state index contributed by atoms with van der Waals surface area (Å²) in [5.41, 5.74) is 3.12. The highest BCUT2D eigenvalue weighted by Gasteiger charge is 2.24. The van der Waals surface area contributed by atoms with Crippen molar-refractivity contribution in [1.82, 2.24) is 10.3 Å². The van der Waals surface area contributed by atoms with E-state index in [9.17, 15) is 13.2 Å². The van der Waals surface area contributed by atoms with Gasteiger partial charge in [-0.05, 0) is 37.5 Å². The van der Waals surface area contributed by atoms with Crippen molar-refractivity contribution in [3.8, 4) is 5.75 Å². The average molecular weight is 326 g/mol. The maximum atomic E-state index is 12.3. The Morgan fingerprint density at radius 1 is 1.23 bits per heavy atom. The minimum Gasteiger partial charge on any atom is -0.495 e. The number of methoxy groups -OCH3 is 1. The lowest BCUT2D eigenvalue weighted by Crippen LogP contribution is -2.44. The molecule has 6 nitrogen and oxygen atoms in total. The molecule has 1 saturated carbocycles. The summed E-state index contributed by atoms with van der Waals surface area (Å²) in [4.78, 5) is 14.2. The molecule has 0 unspecified atom stereocenters. The van der Waals surface area contributed by atoms with Crippen molar-refractivity contribution in [1.29, 1.82) is 0 Å². The molecule has 7 heteroatoms. The van der Waals surface area contributed by atoms with Gasteiger partial charge in [0.05, 0.1) is 7.11 Å². The summed E-state index contributed by atoms with van der Waals surface area (Å²) in [6.45, 7) is 1.79. The number of sulfonamides is 1. The van der Waals surface area contributed by atoms with Crippen LogP contribution >= 0.6 is 0 Å².